The zero-order chi connectivity index (χ0) is 27.6. The Kier molecular flexibility index (Phi) is 7.55. The van der Waals surface area contributed by atoms with E-state index in [-0.39, 0.29) is 34.5 Å². The van der Waals surface area contributed by atoms with E-state index in [9.17, 15) is 18.4 Å². The molecule has 8 heteroatoms. The molecule has 1 unspecified atom stereocenters. The lowest BCUT2D eigenvalue weighted by Crippen LogP contribution is -2.59. The summed E-state index contributed by atoms with van der Waals surface area (Å²) in [6.07, 6.45) is 3.89. The second-order valence-corrected chi connectivity index (χ2v) is 10.4. The minimum atomic E-state index is -0.666. The first-order chi connectivity index (χ1) is 18.8. The van der Waals surface area contributed by atoms with E-state index in [0.717, 1.165) is 36.8 Å². The normalized spacial score (nSPS) is 17.8. The van der Waals surface area contributed by atoms with E-state index in [1.54, 1.807) is 12.1 Å². The number of hydrogen-bond donors (Lipinski definition) is 1. The van der Waals surface area contributed by atoms with Crippen molar-refractivity contribution in [1.82, 2.24) is 10.2 Å². The number of amides is 2. The van der Waals surface area contributed by atoms with Crippen LogP contribution < -0.4 is 14.8 Å². The summed E-state index contributed by atoms with van der Waals surface area (Å²) in [6.45, 7) is 1.18. The van der Waals surface area contributed by atoms with E-state index < -0.39 is 11.7 Å². The highest BCUT2D eigenvalue weighted by Crippen LogP contribution is 2.49. The third-order valence-corrected chi connectivity index (χ3v) is 8.24. The van der Waals surface area contributed by atoms with Crippen molar-refractivity contribution in [3.63, 3.8) is 0 Å². The van der Waals surface area contributed by atoms with Crippen molar-refractivity contribution in [1.29, 1.82) is 0 Å². The number of methoxy groups -OCH3 is 2. The van der Waals surface area contributed by atoms with Crippen molar-refractivity contribution in [2.75, 3.05) is 27.3 Å². The molecule has 1 saturated carbocycles. The number of ether oxygens (including phenoxy) is 2. The Morgan fingerprint density at radius 1 is 0.949 bits per heavy atom. The lowest BCUT2D eigenvalue weighted by atomic mass is 9.59. The van der Waals surface area contributed by atoms with E-state index >= 15 is 0 Å². The molecular weight excluding hydrogens is 502 g/mol. The molecule has 6 nitrogen and oxygen atoms in total. The van der Waals surface area contributed by atoms with E-state index in [4.69, 9.17) is 9.47 Å². The topological polar surface area (TPSA) is 67.9 Å². The predicted octanol–water partition coefficient (Wildman–Crippen LogP) is 5.39. The maximum Gasteiger partial charge on any atom is 0.258 e. The van der Waals surface area contributed by atoms with Crippen molar-refractivity contribution < 1.29 is 27.8 Å². The maximum absolute atomic E-state index is 14.6. The second kappa shape index (κ2) is 11.0. The van der Waals surface area contributed by atoms with Crippen LogP contribution in [0.5, 0.6) is 11.5 Å². The van der Waals surface area contributed by atoms with Gasteiger partial charge in [0.25, 0.3) is 11.8 Å². The summed E-state index contributed by atoms with van der Waals surface area (Å²) >= 11 is 0. The van der Waals surface area contributed by atoms with Gasteiger partial charge in [0.1, 0.15) is 17.2 Å². The summed E-state index contributed by atoms with van der Waals surface area (Å²) in [4.78, 5) is 28.3. The molecule has 0 bridgehead atoms. The molecule has 3 aromatic carbocycles. The molecule has 1 spiro atoms. The molecule has 0 aromatic heterocycles. The zero-order valence-electron chi connectivity index (χ0n) is 22.1. The number of likely N-dealkylation sites (tertiary alicyclic amines) is 1. The standard InChI is InChI=1S/C31H32F2N2O4/c1-38-25-11-10-24(33)27(28(25)39-2)29(36)34-26-12-13-31(26)14-16-35(17-15-31)30(37)22-5-3-4-21(19-22)18-20-6-8-23(32)9-7-20/h3-11,19,26H,12-18H2,1-2H3,(H,34,36). The third kappa shape index (κ3) is 5.33. The Balaban J connectivity index is 1.22. The quantitative estimate of drug-likeness (QED) is 0.442. The minimum absolute atomic E-state index is 0.0195. The molecule has 2 amide bonds. The van der Waals surface area contributed by atoms with Gasteiger partial charge in [-0.15, -0.1) is 0 Å². The smallest absolute Gasteiger partial charge is 0.258 e. The summed E-state index contributed by atoms with van der Waals surface area (Å²) in [6, 6.07) is 16.5. The molecule has 0 radical (unpaired) electrons. The number of hydrogen-bond acceptors (Lipinski definition) is 4. The highest BCUT2D eigenvalue weighted by molar-refractivity contribution is 5.98. The Morgan fingerprint density at radius 2 is 1.69 bits per heavy atom. The number of halogens is 2. The fourth-order valence-corrected chi connectivity index (χ4v) is 5.86. The first-order valence-electron chi connectivity index (χ1n) is 13.2. The fraction of sp³-hybridized carbons (Fsp3) is 0.355. The largest absolute Gasteiger partial charge is 0.493 e. The molecule has 1 heterocycles. The van der Waals surface area contributed by atoms with Crippen LogP contribution in [-0.2, 0) is 6.42 Å². The highest BCUT2D eigenvalue weighted by Gasteiger charge is 2.49. The molecule has 204 valence electrons. The first-order valence-corrected chi connectivity index (χ1v) is 13.2. The number of carbonyl (C=O) groups excluding carboxylic acids is 2. The molecule has 3 aromatic rings. The average Bonchev–Trinajstić information content (AvgIpc) is 2.96. The summed E-state index contributed by atoms with van der Waals surface area (Å²) in [7, 11) is 2.82. The molecule has 1 aliphatic heterocycles. The molecule has 1 N–H and O–H groups in total. The van der Waals surface area contributed by atoms with Crippen molar-refractivity contribution >= 4 is 11.8 Å². The van der Waals surface area contributed by atoms with Crippen LogP contribution in [0, 0.1) is 17.0 Å². The van der Waals surface area contributed by atoms with Gasteiger partial charge in [-0.1, -0.05) is 24.3 Å². The summed E-state index contributed by atoms with van der Waals surface area (Å²) in [5.74, 6) is -1.12. The Morgan fingerprint density at radius 3 is 2.33 bits per heavy atom. The molecule has 2 aliphatic rings. The number of nitrogens with one attached hydrogen (secondary N) is 1. The number of rotatable bonds is 7. The van der Waals surface area contributed by atoms with Gasteiger partial charge in [-0.05, 0) is 85.0 Å². The molecule has 5 rings (SSSR count). The fourth-order valence-electron chi connectivity index (χ4n) is 5.86. The van der Waals surface area contributed by atoms with Gasteiger partial charge in [-0.2, -0.15) is 0 Å². The van der Waals surface area contributed by atoms with Gasteiger partial charge in [0.05, 0.1) is 14.2 Å². The molecule has 2 fully saturated rings. The summed E-state index contributed by atoms with van der Waals surface area (Å²) < 4.78 is 38.4. The number of benzene rings is 3. The van der Waals surface area contributed by atoms with Crippen LogP contribution in [0.1, 0.15) is 57.5 Å². The molecular formula is C31H32F2N2O4. The van der Waals surface area contributed by atoms with E-state index in [1.807, 2.05) is 29.2 Å². The van der Waals surface area contributed by atoms with Crippen molar-refractivity contribution in [2.24, 2.45) is 5.41 Å². The van der Waals surface area contributed by atoms with Gasteiger partial charge in [-0.25, -0.2) is 8.78 Å². The van der Waals surface area contributed by atoms with E-state index in [2.05, 4.69) is 5.32 Å². The van der Waals surface area contributed by atoms with Gasteiger partial charge < -0.3 is 19.7 Å². The van der Waals surface area contributed by atoms with Gasteiger partial charge >= 0.3 is 0 Å². The second-order valence-electron chi connectivity index (χ2n) is 10.4. The minimum Gasteiger partial charge on any atom is -0.493 e. The molecule has 1 aliphatic carbocycles. The summed E-state index contributed by atoms with van der Waals surface area (Å²) in [5, 5.41) is 3.03. The zero-order valence-corrected chi connectivity index (χ0v) is 22.1. The monoisotopic (exact) mass is 534 g/mol. The van der Waals surface area contributed by atoms with Gasteiger partial charge in [0.2, 0.25) is 0 Å². The van der Waals surface area contributed by atoms with Crippen molar-refractivity contribution in [3.8, 4) is 11.5 Å². The van der Waals surface area contributed by atoms with Crippen LogP contribution in [0.3, 0.4) is 0 Å². The average molecular weight is 535 g/mol. The van der Waals surface area contributed by atoms with Crippen LogP contribution >= 0.6 is 0 Å². The predicted molar refractivity (Wildman–Crippen MR) is 143 cm³/mol. The number of nitrogens with zero attached hydrogens (tertiary/aromatic N) is 1. The van der Waals surface area contributed by atoms with Crippen LogP contribution in [0.15, 0.2) is 60.7 Å². The number of carbonyl (C=O) groups is 2. The maximum atomic E-state index is 14.6. The summed E-state index contributed by atoms with van der Waals surface area (Å²) in [5.41, 5.74) is 2.32. The van der Waals surface area contributed by atoms with Gasteiger partial charge in [0.15, 0.2) is 11.5 Å². The van der Waals surface area contributed by atoms with Crippen LogP contribution in [0.4, 0.5) is 8.78 Å². The first kappa shape index (κ1) is 26.7. The molecule has 39 heavy (non-hydrogen) atoms. The van der Waals surface area contributed by atoms with Crippen LogP contribution in [0.25, 0.3) is 0 Å². The Labute approximate surface area is 226 Å². The Bertz CT molecular complexity index is 1370. The lowest BCUT2D eigenvalue weighted by molar-refractivity contribution is -0.00243. The highest BCUT2D eigenvalue weighted by atomic mass is 19.1. The number of piperidine rings is 1. The van der Waals surface area contributed by atoms with E-state index in [0.29, 0.717) is 30.8 Å². The van der Waals surface area contributed by atoms with Crippen LogP contribution in [-0.4, -0.2) is 50.1 Å². The SMILES string of the molecule is COc1ccc(F)c(C(=O)NC2CCC23CCN(C(=O)c2cccc(Cc4ccc(F)cc4)c2)CC3)c1OC. The van der Waals surface area contributed by atoms with Crippen LogP contribution in [0.2, 0.25) is 0 Å². The molecule has 1 saturated heterocycles. The lowest BCUT2D eigenvalue weighted by Gasteiger charge is -2.54. The molecule has 1 atom stereocenters. The van der Waals surface area contributed by atoms with E-state index in [1.165, 1.54) is 38.5 Å². The van der Waals surface area contributed by atoms with Crippen molar-refractivity contribution in [2.45, 2.75) is 38.1 Å². The Hall–Kier alpha value is -3.94. The van der Waals surface area contributed by atoms with Gasteiger partial charge in [-0.3, -0.25) is 9.59 Å². The van der Waals surface area contributed by atoms with Gasteiger partial charge in [0, 0.05) is 24.7 Å². The third-order valence-electron chi connectivity index (χ3n) is 8.24. The van der Waals surface area contributed by atoms with Crippen molar-refractivity contribution in [3.05, 3.63) is 94.6 Å².